The van der Waals surface area contributed by atoms with Crippen molar-refractivity contribution in [2.24, 2.45) is 0 Å². The average Bonchev–Trinajstić information content (AvgIpc) is 2.25. The summed E-state index contributed by atoms with van der Waals surface area (Å²) in [6, 6.07) is 8.28. The number of carbonyl (C=O) groups is 1. The molecular formula is C13H15BrINO. The van der Waals surface area contributed by atoms with Gasteiger partial charge in [0.1, 0.15) is 0 Å². The van der Waals surface area contributed by atoms with E-state index in [9.17, 15) is 4.79 Å². The van der Waals surface area contributed by atoms with Gasteiger partial charge in [-0.05, 0) is 60.1 Å². The molecule has 0 atom stereocenters. The Kier molecular flexibility index (Phi) is 4.85. The Morgan fingerprint density at radius 3 is 2.76 bits per heavy atom. The highest BCUT2D eigenvalue weighted by Crippen LogP contribution is 2.26. The third-order valence-corrected chi connectivity index (χ3v) is 4.20. The second-order valence-corrected chi connectivity index (χ2v) is 6.32. The minimum atomic E-state index is 0.174. The van der Waals surface area contributed by atoms with Crippen LogP contribution in [0.5, 0.6) is 0 Å². The topological polar surface area (TPSA) is 20.3 Å². The Morgan fingerprint density at radius 2 is 2.24 bits per heavy atom. The monoisotopic (exact) mass is 407 g/mol. The molecule has 2 nitrogen and oxygen atoms in total. The zero-order valence-corrected chi connectivity index (χ0v) is 13.3. The molecule has 1 aliphatic rings. The molecule has 0 N–H and O–H groups in total. The Balaban J connectivity index is 2.15. The van der Waals surface area contributed by atoms with E-state index >= 15 is 0 Å². The van der Waals surface area contributed by atoms with E-state index in [-0.39, 0.29) is 5.91 Å². The molecule has 0 radical (unpaired) electrons. The van der Waals surface area contributed by atoms with Gasteiger partial charge in [-0.3, -0.25) is 4.79 Å². The van der Waals surface area contributed by atoms with Crippen LogP contribution < -0.4 is 0 Å². The fourth-order valence-electron chi connectivity index (χ4n) is 2.03. The average molecular weight is 408 g/mol. The van der Waals surface area contributed by atoms with Gasteiger partial charge in [-0.25, -0.2) is 0 Å². The molecule has 0 heterocycles. The lowest BCUT2D eigenvalue weighted by atomic mass is 9.91. The summed E-state index contributed by atoms with van der Waals surface area (Å²) < 4.78 is 1.11. The first-order chi connectivity index (χ1) is 8.22. The van der Waals surface area contributed by atoms with Crippen LogP contribution in [0.25, 0.3) is 0 Å². The van der Waals surface area contributed by atoms with Crippen molar-refractivity contribution in [2.75, 3.05) is 11.9 Å². The number of halogens is 2. The van der Waals surface area contributed by atoms with Gasteiger partial charge in [0.25, 0.3) is 5.91 Å². The molecule has 0 unspecified atom stereocenters. The first-order valence-electron chi connectivity index (χ1n) is 5.85. The summed E-state index contributed by atoms with van der Waals surface area (Å²) in [5.41, 5.74) is 0.810. The number of carbonyl (C=O) groups excluding carboxylic acids is 1. The van der Waals surface area contributed by atoms with E-state index in [1.54, 1.807) is 0 Å². The van der Waals surface area contributed by atoms with E-state index in [0.29, 0.717) is 6.04 Å². The van der Waals surface area contributed by atoms with Gasteiger partial charge in [-0.1, -0.05) is 22.0 Å². The Labute approximate surface area is 124 Å². The van der Waals surface area contributed by atoms with E-state index in [1.807, 2.05) is 29.2 Å². The maximum absolute atomic E-state index is 12.4. The number of alkyl halides is 1. The zero-order chi connectivity index (χ0) is 12.3. The van der Waals surface area contributed by atoms with Crippen LogP contribution in [0.4, 0.5) is 0 Å². The van der Waals surface area contributed by atoms with Crippen LogP contribution in [0, 0.1) is 3.57 Å². The molecule has 1 aromatic rings. The minimum absolute atomic E-state index is 0.174. The van der Waals surface area contributed by atoms with Gasteiger partial charge in [-0.15, -0.1) is 0 Å². The van der Waals surface area contributed by atoms with Crippen molar-refractivity contribution in [3.05, 3.63) is 33.4 Å². The second-order valence-electron chi connectivity index (χ2n) is 4.28. The summed E-state index contributed by atoms with van der Waals surface area (Å²) in [6.45, 7) is 0.801. The standard InChI is InChI=1S/C13H15BrINO/c14-7-8-16(12-5-2-6-12)13(17)10-3-1-4-11(15)9-10/h1,3-4,9,12H,2,5-8H2. The van der Waals surface area contributed by atoms with Crippen LogP contribution in [0.2, 0.25) is 0 Å². The molecule has 1 amide bonds. The lowest BCUT2D eigenvalue weighted by molar-refractivity contribution is 0.0599. The molecular weight excluding hydrogens is 393 g/mol. The van der Waals surface area contributed by atoms with E-state index in [1.165, 1.54) is 6.42 Å². The van der Waals surface area contributed by atoms with Crippen LogP contribution >= 0.6 is 38.5 Å². The highest BCUT2D eigenvalue weighted by atomic mass is 127. The van der Waals surface area contributed by atoms with Crippen molar-refractivity contribution in [1.82, 2.24) is 4.90 Å². The molecule has 2 rings (SSSR count). The second kappa shape index (κ2) is 6.18. The predicted molar refractivity (Wildman–Crippen MR) is 81.6 cm³/mol. The highest BCUT2D eigenvalue weighted by molar-refractivity contribution is 14.1. The minimum Gasteiger partial charge on any atom is -0.335 e. The molecule has 0 bridgehead atoms. The smallest absolute Gasteiger partial charge is 0.254 e. The van der Waals surface area contributed by atoms with Gasteiger partial charge in [-0.2, -0.15) is 0 Å². The van der Waals surface area contributed by atoms with E-state index < -0.39 is 0 Å². The number of rotatable bonds is 4. The molecule has 1 aromatic carbocycles. The van der Waals surface area contributed by atoms with Crippen LogP contribution in [0.1, 0.15) is 29.6 Å². The van der Waals surface area contributed by atoms with E-state index in [2.05, 4.69) is 38.5 Å². The van der Waals surface area contributed by atoms with E-state index in [0.717, 1.165) is 33.9 Å². The maximum atomic E-state index is 12.4. The third kappa shape index (κ3) is 3.22. The number of nitrogens with zero attached hydrogens (tertiary/aromatic N) is 1. The van der Waals surface area contributed by atoms with Crippen LogP contribution in [0.15, 0.2) is 24.3 Å². The van der Waals surface area contributed by atoms with Crippen LogP contribution in [-0.2, 0) is 0 Å². The van der Waals surface area contributed by atoms with Crippen LogP contribution in [0.3, 0.4) is 0 Å². The number of hydrogen-bond acceptors (Lipinski definition) is 1. The largest absolute Gasteiger partial charge is 0.335 e. The van der Waals surface area contributed by atoms with Crippen molar-refractivity contribution in [3.63, 3.8) is 0 Å². The summed E-state index contributed by atoms with van der Waals surface area (Å²) in [5.74, 6) is 0.174. The molecule has 17 heavy (non-hydrogen) atoms. The fourth-order valence-corrected chi connectivity index (χ4v) is 2.95. The maximum Gasteiger partial charge on any atom is 0.254 e. The zero-order valence-electron chi connectivity index (χ0n) is 9.53. The molecule has 0 aliphatic heterocycles. The molecule has 1 aliphatic carbocycles. The molecule has 1 saturated carbocycles. The van der Waals surface area contributed by atoms with Crippen molar-refractivity contribution >= 4 is 44.4 Å². The van der Waals surface area contributed by atoms with Gasteiger partial charge >= 0.3 is 0 Å². The van der Waals surface area contributed by atoms with Crippen molar-refractivity contribution < 1.29 is 4.79 Å². The van der Waals surface area contributed by atoms with Crippen molar-refractivity contribution in [2.45, 2.75) is 25.3 Å². The number of benzene rings is 1. The summed E-state index contributed by atoms with van der Waals surface area (Å²) >= 11 is 5.68. The quantitative estimate of drug-likeness (QED) is 0.550. The first kappa shape index (κ1) is 13.3. The van der Waals surface area contributed by atoms with Crippen molar-refractivity contribution in [3.8, 4) is 0 Å². The van der Waals surface area contributed by atoms with E-state index in [4.69, 9.17) is 0 Å². The SMILES string of the molecule is O=C(c1cccc(I)c1)N(CCBr)C1CCC1. The highest BCUT2D eigenvalue weighted by Gasteiger charge is 2.28. The summed E-state index contributed by atoms with van der Waals surface area (Å²) in [4.78, 5) is 14.4. The predicted octanol–water partition coefficient (Wildman–Crippen LogP) is 3.68. The van der Waals surface area contributed by atoms with Crippen molar-refractivity contribution in [1.29, 1.82) is 0 Å². The number of amides is 1. The molecule has 0 aromatic heterocycles. The van der Waals surface area contributed by atoms with Gasteiger partial charge < -0.3 is 4.90 Å². The van der Waals surface area contributed by atoms with Gasteiger partial charge in [0.2, 0.25) is 0 Å². The summed E-state index contributed by atoms with van der Waals surface area (Å²) in [7, 11) is 0. The Morgan fingerprint density at radius 1 is 1.47 bits per heavy atom. The Hall–Kier alpha value is -0.100. The molecule has 92 valence electrons. The lowest BCUT2D eigenvalue weighted by Gasteiger charge is -2.37. The lowest BCUT2D eigenvalue weighted by Crippen LogP contribution is -2.45. The molecule has 1 fully saturated rings. The van der Waals surface area contributed by atoms with Crippen LogP contribution in [-0.4, -0.2) is 28.7 Å². The van der Waals surface area contributed by atoms with Gasteiger partial charge in [0, 0.05) is 27.1 Å². The first-order valence-corrected chi connectivity index (χ1v) is 8.05. The van der Waals surface area contributed by atoms with Gasteiger partial charge in [0.05, 0.1) is 0 Å². The molecule has 0 spiro atoms. The third-order valence-electron chi connectivity index (χ3n) is 3.17. The fraction of sp³-hybridized carbons (Fsp3) is 0.462. The Bertz CT molecular complexity index is 406. The summed E-state index contributed by atoms with van der Waals surface area (Å²) in [5, 5.41) is 0.846. The molecule has 0 saturated heterocycles. The van der Waals surface area contributed by atoms with Gasteiger partial charge in [0.15, 0.2) is 0 Å². The molecule has 4 heteroatoms. The number of hydrogen-bond donors (Lipinski definition) is 0. The summed E-state index contributed by atoms with van der Waals surface area (Å²) in [6.07, 6.45) is 3.56. The normalized spacial score (nSPS) is 15.4.